The van der Waals surface area contributed by atoms with E-state index in [1.165, 1.54) is 42.3 Å². The van der Waals surface area contributed by atoms with Gasteiger partial charge in [0, 0.05) is 12.1 Å². The Morgan fingerprint density at radius 2 is 2.04 bits per heavy atom. The molecule has 0 atom stereocenters. The average Bonchev–Trinajstić information content (AvgIpc) is 3.13. The fraction of sp³-hybridized carbons (Fsp3) is 0.167. The van der Waals surface area contributed by atoms with Crippen molar-refractivity contribution in [1.29, 1.82) is 0 Å². The maximum absolute atomic E-state index is 13.7. The maximum atomic E-state index is 13.7. The summed E-state index contributed by atoms with van der Waals surface area (Å²) in [5, 5.41) is 12.0. The van der Waals surface area contributed by atoms with Crippen LogP contribution in [0.3, 0.4) is 0 Å². The highest BCUT2D eigenvalue weighted by atomic mass is 32.2. The minimum absolute atomic E-state index is 0.118. The Bertz CT molecular complexity index is 887. The number of anilines is 1. The fourth-order valence-corrected chi connectivity index (χ4v) is 3.81. The molecule has 0 bridgehead atoms. The van der Waals surface area contributed by atoms with Crippen LogP contribution >= 0.6 is 23.1 Å². The second-order valence-electron chi connectivity index (χ2n) is 5.27. The van der Waals surface area contributed by atoms with Crippen LogP contribution < -0.4 is 10.1 Å². The normalized spacial score (nSPS) is 10.5. The predicted octanol–water partition coefficient (Wildman–Crippen LogP) is 4.27. The quantitative estimate of drug-likeness (QED) is 0.458. The molecule has 5 nitrogen and oxygen atoms in total. The standard InChI is InChI=1S/C18H16FN3O2S2/c1-24-16-8-7-13(9-14(16)19)15(23)11-25-18-22-21-17(26-18)20-10-12-5-3-2-4-6-12/h2-9H,10-11H2,1H3,(H,20,21). The third-order valence-corrected chi connectivity index (χ3v) is 5.51. The van der Waals surface area contributed by atoms with E-state index >= 15 is 0 Å². The van der Waals surface area contributed by atoms with Gasteiger partial charge in [0.05, 0.1) is 12.9 Å². The summed E-state index contributed by atoms with van der Waals surface area (Å²) in [6.07, 6.45) is 0. The van der Waals surface area contributed by atoms with Gasteiger partial charge in [-0.05, 0) is 23.8 Å². The Labute approximate surface area is 158 Å². The zero-order valence-corrected chi connectivity index (χ0v) is 15.6. The Morgan fingerprint density at radius 3 is 2.77 bits per heavy atom. The van der Waals surface area contributed by atoms with Gasteiger partial charge >= 0.3 is 0 Å². The Kier molecular flexibility index (Phi) is 6.19. The first-order valence-electron chi connectivity index (χ1n) is 7.76. The van der Waals surface area contributed by atoms with E-state index in [0.29, 0.717) is 21.6 Å². The number of hydrogen-bond acceptors (Lipinski definition) is 7. The molecule has 8 heteroatoms. The van der Waals surface area contributed by atoms with Crippen molar-refractivity contribution in [2.75, 3.05) is 18.2 Å². The molecule has 1 heterocycles. The molecule has 3 aromatic rings. The molecule has 0 aliphatic rings. The minimum atomic E-state index is -0.549. The van der Waals surface area contributed by atoms with Crippen molar-refractivity contribution in [3.05, 3.63) is 65.5 Å². The van der Waals surface area contributed by atoms with Crippen LogP contribution in [0.1, 0.15) is 15.9 Å². The number of ketones is 1. The molecule has 0 saturated carbocycles. The van der Waals surface area contributed by atoms with Crippen molar-refractivity contribution < 1.29 is 13.9 Å². The number of hydrogen-bond donors (Lipinski definition) is 1. The topological polar surface area (TPSA) is 64.1 Å². The summed E-state index contributed by atoms with van der Waals surface area (Å²) >= 11 is 2.67. The first-order chi connectivity index (χ1) is 12.7. The van der Waals surface area contributed by atoms with Gasteiger partial charge in [-0.25, -0.2) is 4.39 Å². The predicted molar refractivity (Wildman–Crippen MR) is 102 cm³/mol. The second-order valence-corrected chi connectivity index (χ2v) is 7.47. The number of methoxy groups -OCH3 is 1. The van der Waals surface area contributed by atoms with Crippen LogP contribution in [0, 0.1) is 5.82 Å². The number of rotatable bonds is 8. The number of nitrogens with zero attached hydrogens (tertiary/aromatic N) is 2. The number of halogens is 1. The smallest absolute Gasteiger partial charge is 0.206 e. The van der Waals surface area contributed by atoms with E-state index < -0.39 is 5.82 Å². The van der Waals surface area contributed by atoms with Gasteiger partial charge < -0.3 is 10.1 Å². The van der Waals surface area contributed by atoms with E-state index in [4.69, 9.17) is 4.74 Å². The van der Waals surface area contributed by atoms with E-state index in [0.717, 1.165) is 5.56 Å². The molecule has 2 aromatic carbocycles. The molecule has 1 N–H and O–H groups in total. The molecule has 0 aliphatic carbocycles. The summed E-state index contributed by atoms with van der Waals surface area (Å²) in [4.78, 5) is 12.2. The highest BCUT2D eigenvalue weighted by molar-refractivity contribution is 8.01. The van der Waals surface area contributed by atoms with Gasteiger partial charge in [-0.1, -0.05) is 53.4 Å². The summed E-state index contributed by atoms with van der Waals surface area (Å²) in [6, 6.07) is 14.2. The summed E-state index contributed by atoms with van der Waals surface area (Å²) in [5.74, 6) is -0.441. The van der Waals surface area contributed by atoms with Crippen LogP contribution in [-0.4, -0.2) is 28.8 Å². The minimum Gasteiger partial charge on any atom is -0.494 e. The molecule has 26 heavy (non-hydrogen) atoms. The average molecular weight is 389 g/mol. The molecule has 0 saturated heterocycles. The Morgan fingerprint density at radius 1 is 1.23 bits per heavy atom. The number of carbonyl (C=O) groups excluding carboxylic acids is 1. The van der Waals surface area contributed by atoms with Crippen LogP contribution in [0.4, 0.5) is 9.52 Å². The zero-order chi connectivity index (χ0) is 18.4. The molecule has 0 amide bonds. The van der Waals surface area contributed by atoms with Crippen molar-refractivity contribution in [2.45, 2.75) is 10.9 Å². The largest absolute Gasteiger partial charge is 0.494 e. The van der Waals surface area contributed by atoms with Crippen LogP contribution in [0.2, 0.25) is 0 Å². The van der Waals surface area contributed by atoms with Crippen molar-refractivity contribution >= 4 is 34.0 Å². The molecule has 0 fully saturated rings. The Hall–Kier alpha value is -2.45. The molecule has 0 aliphatic heterocycles. The lowest BCUT2D eigenvalue weighted by atomic mass is 10.1. The number of carbonyl (C=O) groups is 1. The summed E-state index contributed by atoms with van der Waals surface area (Å²) in [6.45, 7) is 0.657. The first kappa shape index (κ1) is 18.3. The van der Waals surface area contributed by atoms with Gasteiger partial charge in [0.2, 0.25) is 5.13 Å². The molecule has 0 unspecified atom stereocenters. The van der Waals surface area contributed by atoms with Crippen molar-refractivity contribution in [3.8, 4) is 5.75 Å². The van der Waals surface area contributed by atoms with Crippen molar-refractivity contribution in [3.63, 3.8) is 0 Å². The number of thioether (sulfide) groups is 1. The van der Waals surface area contributed by atoms with Gasteiger partial charge in [-0.3, -0.25) is 4.79 Å². The lowest BCUT2D eigenvalue weighted by Gasteiger charge is -2.04. The second kappa shape index (κ2) is 8.77. The number of Topliss-reactive ketones (excluding diaryl/α,β-unsaturated/α-hetero) is 1. The van der Waals surface area contributed by atoms with Crippen molar-refractivity contribution in [2.24, 2.45) is 0 Å². The molecule has 0 spiro atoms. The summed E-state index contributed by atoms with van der Waals surface area (Å²) < 4.78 is 19.2. The number of benzene rings is 2. The molecule has 3 rings (SSSR count). The van der Waals surface area contributed by atoms with Gasteiger partial charge in [-0.15, -0.1) is 10.2 Å². The van der Waals surface area contributed by atoms with Crippen LogP contribution in [0.5, 0.6) is 5.75 Å². The van der Waals surface area contributed by atoms with Crippen LogP contribution in [0.25, 0.3) is 0 Å². The van der Waals surface area contributed by atoms with Crippen LogP contribution in [-0.2, 0) is 6.54 Å². The fourth-order valence-electron chi connectivity index (χ4n) is 2.16. The maximum Gasteiger partial charge on any atom is 0.206 e. The van der Waals surface area contributed by atoms with E-state index in [9.17, 15) is 9.18 Å². The lowest BCUT2D eigenvalue weighted by Crippen LogP contribution is -2.03. The SMILES string of the molecule is COc1ccc(C(=O)CSc2nnc(NCc3ccccc3)s2)cc1F. The first-order valence-corrected chi connectivity index (χ1v) is 9.57. The molecule has 1 aromatic heterocycles. The van der Waals surface area contributed by atoms with Gasteiger partial charge in [-0.2, -0.15) is 0 Å². The summed E-state index contributed by atoms with van der Waals surface area (Å²) in [5.41, 5.74) is 1.45. The van der Waals surface area contributed by atoms with E-state index in [-0.39, 0.29) is 17.3 Å². The molecule has 134 valence electrons. The molecular weight excluding hydrogens is 373 g/mol. The van der Waals surface area contributed by atoms with Gasteiger partial charge in [0.15, 0.2) is 21.7 Å². The number of aromatic nitrogens is 2. The van der Waals surface area contributed by atoms with Gasteiger partial charge in [0.25, 0.3) is 0 Å². The van der Waals surface area contributed by atoms with E-state index in [1.807, 2.05) is 30.3 Å². The zero-order valence-electron chi connectivity index (χ0n) is 13.9. The van der Waals surface area contributed by atoms with Gasteiger partial charge in [0.1, 0.15) is 0 Å². The summed E-state index contributed by atoms with van der Waals surface area (Å²) in [7, 11) is 1.38. The highest BCUT2D eigenvalue weighted by Crippen LogP contribution is 2.27. The Balaban J connectivity index is 1.52. The van der Waals surface area contributed by atoms with Crippen LogP contribution in [0.15, 0.2) is 52.9 Å². The monoisotopic (exact) mass is 389 g/mol. The lowest BCUT2D eigenvalue weighted by molar-refractivity contribution is 0.102. The van der Waals surface area contributed by atoms with E-state index in [2.05, 4.69) is 15.5 Å². The number of ether oxygens (including phenoxy) is 1. The van der Waals surface area contributed by atoms with E-state index in [1.54, 1.807) is 6.07 Å². The van der Waals surface area contributed by atoms with Crippen molar-refractivity contribution in [1.82, 2.24) is 10.2 Å². The molecular formula is C18H16FN3O2S2. The third kappa shape index (κ3) is 4.80. The third-order valence-electron chi connectivity index (χ3n) is 3.49. The molecule has 0 radical (unpaired) electrons. The number of nitrogens with one attached hydrogen (secondary N) is 1. The highest BCUT2D eigenvalue weighted by Gasteiger charge is 2.12.